The monoisotopic (exact) mass is 464 g/mol. The van der Waals surface area contributed by atoms with Crippen LogP contribution in [0.4, 0.5) is 14.5 Å². The molecule has 31 heavy (non-hydrogen) atoms. The normalized spacial score (nSPS) is 11.1. The number of ether oxygens (including phenoxy) is 1. The maximum atomic E-state index is 12.7. The average molecular weight is 465 g/mol. The fourth-order valence-electron chi connectivity index (χ4n) is 2.86. The van der Waals surface area contributed by atoms with Crippen LogP contribution in [0, 0.1) is 6.92 Å². The number of nitrogens with zero attached hydrogens (tertiary/aromatic N) is 3. The fourth-order valence-corrected chi connectivity index (χ4v) is 4.22. The van der Waals surface area contributed by atoms with Gasteiger partial charge in [-0.1, -0.05) is 59.4 Å². The number of methoxy groups -OCH3 is 1. The van der Waals surface area contributed by atoms with Gasteiger partial charge in [-0.05, 0) is 25.1 Å². The molecule has 164 valence electrons. The van der Waals surface area contributed by atoms with Crippen molar-refractivity contribution in [1.29, 1.82) is 0 Å². The van der Waals surface area contributed by atoms with E-state index in [1.165, 1.54) is 11.8 Å². The van der Waals surface area contributed by atoms with Crippen molar-refractivity contribution in [3.05, 3.63) is 54.1 Å². The Bertz CT molecular complexity index is 1030. The number of hydrogen-bond donors (Lipinski definition) is 1. The zero-order valence-corrected chi connectivity index (χ0v) is 18.7. The van der Waals surface area contributed by atoms with Crippen molar-refractivity contribution in [3.63, 3.8) is 0 Å². The molecule has 0 atom stereocenters. The van der Waals surface area contributed by atoms with Gasteiger partial charge in [0.15, 0.2) is 11.0 Å². The van der Waals surface area contributed by atoms with Gasteiger partial charge in [0.2, 0.25) is 5.91 Å². The van der Waals surface area contributed by atoms with Crippen LogP contribution >= 0.6 is 23.5 Å². The van der Waals surface area contributed by atoms with E-state index in [1.54, 1.807) is 31.4 Å². The summed E-state index contributed by atoms with van der Waals surface area (Å²) in [5.41, 5.74) is 2.39. The van der Waals surface area contributed by atoms with Crippen LogP contribution in [0.3, 0.4) is 0 Å². The number of anilines is 1. The lowest BCUT2D eigenvalue weighted by molar-refractivity contribution is -0.113. The van der Waals surface area contributed by atoms with Crippen LogP contribution in [0.1, 0.15) is 5.56 Å². The molecule has 1 N–H and O–H groups in total. The van der Waals surface area contributed by atoms with Gasteiger partial charge in [0.1, 0.15) is 0 Å². The topological polar surface area (TPSA) is 69.0 Å². The van der Waals surface area contributed by atoms with Crippen molar-refractivity contribution in [3.8, 4) is 11.4 Å². The fraction of sp³-hybridized carbons (Fsp3) is 0.286. The Kier molecular flexibility index (Phi) is 8.44. The Morgan fingerprint density at radius 3 is 2.74 bits per heavy atom. The largest absolute Gasteiger partial charge is 0.383 e. The van der Waals surface area contributed by atoms with Crippen LogP contribution in [-0.4, -0.2) is 45.9 Å². The number of halogens is 2. The lowest BCUT2D eigenvalue weighted by Crippen LogP contribution is -2.15. The van der Waals surface area contributed by atoms with Crippen molar-refractivity contribution in [1.82, 2.24) is 14.8 Å². The standard InChI is InChI=1S/C21H22F2N4O2S2/c1-14-6-5-7-15(12-14)19-25-26-21(27(19)10-11-29-2)30-13-18(28)24-16-8-3-4-9-17(16)31-20(22)23/h3-9,12,20H,10-11,13H2,1-2H3,(H,24,28). The minimum atomic E-state index is -2.56. The zero-order chi connectivity index (χ0) is 22.2. The molecule has 0 saturated carbocycles. The first-order chi connectivity index (χ1) is 15.0. The summed E-state index contributed by atoms with van der Waals surface area (Å²) in [6.45, 7) is 3.00. The van der Waals surface area contributed by atoms with Gasteiger partial charge in [-0.25, -0.2) is 0 Å². The SMILES string of the molecule is COCCn1c(SCC(=O)Nc2ccccc2SC(F)F)nnc1-c1cccc(C)c1. The third kappa shape index (κ3) is 6.52. The van der Waals surface area contributed by atoms with E-state index in [0.29, 0.717) is 46.5 Å². The molecule has 0 saturated heterocycles. The number of hydrogen-bond acceptors (Lipinski definition) is 6. The van der Waals surface area contributed by atoms with Crippen molar-refractivity contribution >= 4 is 35.1 Å². The third-order valence-corrected chi connectivity index (χ3v) is 5.98. The predicted molar refractivity (Wildman–Crippen MR) is 120 cm³/mol. The highest BCUT2D eigenvalue weighted by molar-refractivity contribution is 8.00. The van der Waals surface area contributed by atoms with Crippen molar-refractivity contribution in [2.75, 3.05) is 24.8 Å². The van der Waals surface area contributed by atoms with Gasteiger partial charge < -0.3 is 10.1 Å². The van der Waals surface area contributed by atoms with E-state index in [0.717, 1.165) is 11.1 Å². The Morgan fingerprint density at radius 1 is 1.19 bits per heavy atom. The molecular formula is C21H22F2N4O2S2. The smallest absolute Gasteiger partial charge is 0.288 e. The lowest BCUT2D eigenvalue weighted by atomic mass is 10.1. The molecule has 0 aliphatic rings. The summed E-state index contributed by atoms with van der Waals surface area (Å²) in [7, 11) is 1.62. The number of alkyl halides is 2. The molecule has 1 amide bonds. The first-order valence-corrected chi connectivity index (χ1v) is 11.3. The van der Waals surface area contributed by atoms with Gasteiger partial charge in [0.25, 0.3) is 5.76 Å². The number of thioether (sulfide) groups is 2. The summed E-state index contributed by atoms with van der Waals surface area (Å²) in [6.07, 6.45) is 0. The van der Waals surface area contributed by atoms with Gasteiger partial charge in [0.05, 0.1) is 24.6 Å². The first-order valence-electron chi connectivity index (χ1n) is 9.43. The molecule has 10 heteroatoms. The summed E-state index contributed by atoms with van der Waals surface area (Å²) in [4.78, 5) is 12.8. The molecule has 1 aromatic heterocycles. The number of rotatable bonds is 10. The Balaban J connectivity index is 1.72. The van der Waals surface area contributed by atoms with Crippen LogP contribution in [0.25, 0.3) is 11.4 Å². The molecule has 0 unspecified atom stereocenters. The van der Waals surface area contributed by atoms with E-state index < -0.39 is 5.76 Å². The molecule has 0 aliphatic carbocycles. The molecule has 3 rings (SSSR count). The van der Waals surface area contributed by atoms with E-state index in [-0.39, 0.29) is 11.7 Å². The lowest BCUT2D eigenvalue weighted by Gasteiger charge is -2.11. The summed E-state index contributed by atoms with van der Waals surface area (Å²) < 4.78 is 32.6. The Labute approximate surface area is 187 Å². The number of carbonyl (C=O) groups excluding carboxylic acids is 1. The van der Waals surface area contributed by atoms with Crippen LogP contribution in [-0.2, 0) is 16.1 Å². The molecule has 1 heterocycles. The second-order valence-corrected chi connectivity index (χ2v) is 8.51. The summed E-state index contributed by atoms with van der Waals surface area (Å²) in [5, 5.41) is 11.8. The van der Waals surface area contributed by atoms with Crippen molar-refractivity contribution in [2.45, 2.75) is 29.3 Å². The second-order valence-electron chi connectivity index (χ2n) is 6.53. The molecule has 0 fully saturated rings. The van der Waals surface area contributed by atoms with Crippen LogP contribution < -0.4 is 5.32 Å². The van der Waals surface area contributed by atoms with E-state index in [4.69, 9.17) is 4.74 Å². The van der Waals surface area contributed by atoms with Crippen LogP contribution in [0.5, 0.6) is 0 Å². The number of para-hydroxylation sites is 1. The van der Waals surface area contributed by atoms with Crippen LogP contribution in [0.15, 0.2) is 58.6 Å². The average Bonchev–Trinajstić information content (AvgIpc) is 3.14. The Morgan fingerprint density at radius 2 is 2.00 bits per heavy atom. The predicted octanol–water partition coefficient (Wildman–Crippen LogP) is 4.95. The van der Waals surface area contributed by atoms with Crippen molar-refractivity contribution in [2.24, 2.45) is 0 Å². The number of benzene rings is 2. The van der Waals surface area contributed by atoms with Gasteiger partial charge in [-0.15, -0.1) is 10.2 Å². The van der Waals surface area contributed by atoms with Crippen LogP contribution in [0.2, 0.25) is 0 Å². The molecule has 6 nitrogen and oxygen atoms in total. The highest BCUT2D eigenvalue weighted by Gasteiger charge is 2.17. The zero-order valence-electron chi connectivity index (χ0n) is 17.0. The summed E-state index contributed by atoms with van der Waals surface area (Å²) in [6, 6.07) is 14.4. The van der Waals surface area contributed by atoms with Gasteiger partial charge >= 0.3 is 0 Å². The summed E-state index contributed by atoms with van der Waals surface area (Å²) in [5.74, 6) is -2.12. The Hall–Kier alpha value is -2.43. The number of nitrogens with one attached hydrogen (secondary N) is 1. The van der Waals surface area contributed by atoms with E-state index in [9.17, 15) is 13.6 Å². The summed E-state index contributed by atoms with van der Waals surface area (Å²) >= 11 is 1.63. The highest BCUT2D eigenvalue weighted by atomic mass is 32.2. The van der Waals surface area contributed by atoms with Crippen molar-refractivity contribution < 1.29 is 18.3 Å². The number of aromatic nitrogens is 3. The number of amides is 1. The molecule has 0 aliphatic heterocycles. The highest BCUT2D eigenvalue weighted by Crippen LogP contribution is 2.32. The van der Waals surface area contributed by atoms with Gasteiger partial charge in [0, 0.05) is 17.6 Å². The maximum Gasteiger partial charge on any atom is 0.288 e. The quantitative estimate of drug-likeness (QED) is 0.429. The minimum Gasteiger partial charge on any atom is -0.383 e. The molecule has 3 aromatic rings. The first kappa shape index (κ1) is 23.2. The van der Waals surface area contributed by atoms with E-state index in [1.807, 2.05) is 35.8 Å². The molecular weight excluding hydrogens is 442 g/mol. The number of aryl methyl sites for hydroxylation is 1. The number of carbonyl (C=O) groups is 1. The minimum absolute atomic E-state index is 0.0621. The maximum absolute atomic E-state index is 12.7. The van der Waals surface area contributed by atoms with E-state index >= 15 is 0 Å². The third-order valence-electron chi connectivity index (χ3n) is 4.22. The van der Waals surface area contributed by atoms with E-state index in [2.05, 4.69) is 15.5 Å². The van der Waals surface area contributed by atoms with Gasteiger partial charge in [-0.3, -0.25) is 9.36 Å². The second kappa shape index (κ2) is 11.3. The van der Waals surface area contributed by atoms with Gasteiger partial charge in [-0.2, -0.15) is 8.78 Å². The molecule has 2 aromatic carbocycles. The molecule has 0 spiro atoms. The molecule has 0 radical (unpaired) electrons. The molecule has 0 bridgehead atoms.